The van der Waals surface area contributed by atoms with Crippen molar-refractivity contribution in [3.8, 4) is 0 Å². The maximum Gasteiger partial charge on any atom is 0.256 e. The number of methoxy groups -OCH3 is 2. The van der Waals surface area contributed by atoms with Crippen LogP contribution in [0.25, 0.3) is 10.4 Å². The molecule has 0 aromatic heterocycles. The molecule has 0 unspecified atom stereocenters. The van der Waals surface area contributed by atoms with Crippen LogP contribution < -0.4 is 15.8 Å². The number of hydrogen-bond donors (Lipinski definition) is 3. The zero-order chi connectivity index (χ0) is 39.9. The van der Waals surface area contributed by atoms with Gasteiger partial charge >= 0.3 is 0 Å². The molecule has 1 fully saturated rings. The summed E-state index contributed by atoms with van der Waals surface area (Å²) in [6.45, 7) is 9.82. The minimum Gasteiger partial charge on any atom is -0.379 e. The van der Waals surface area contributed by atoms with Crippen molar-refractivity contribution in [3.05, 3.63) is 46.3 Å². The van der Waals surface area contributed by atoms with Crippen molar-refractivity contribution in [2.45, 2.75) is 110 Å². The number of benzene rings is 1. The third-order valence-corrected chi connectivity index (χ3v) is 11.5. The lowest BCUT2D eigenvalue weighted by Gasteiger charge is -2.40. The van der Waals surface area contributed by atoms with Crippen LogP contribution in [0.3, 0.4) is 0 Å². The second-order valence-electron chi connectivity index (χ2n) is 14.2. The predicted molar refractivity (Wildman–Crippen MR) is 209 cm³/mol. The number of carbonyl (C=O) groups excluding carboxylic acids is 4. The lowest BCUT2D eigenvalue weighted by atomic mass is 9.89. The van der Waals surface area contributed by atoms with Gasteiger partial charge in [0.2, 0.25) is 27.7 Å². The lowest BCUT2D eigenvalue weighted by Crippen LogP contribution is -2.56. The molecule has 1 aromatic rings. The smallest absolute Gasteiger partial charge is 0.256 e. The number of amides is 4. The molecule has 1 aliphatic rings. The van der Waals surface area contributed by atoms with Crippen molar-refractivity contribution in [1.82, 2.24) is 19.8 Å². The van der Waals surface area contributed by atoms with E-state index < -0.39 is 69.9 Å². The minimum atomic E-state index is -4.09. The highest BCUT2D eigenvalue weighted by Crippen LogP contribution is 2.29. The first-order chi connectivity index (χ1) is 25.0. The first-order valence-electron chi connectivity index (χ1n) is 18.3. The van der Waals surface area contributed by atoms with E-state index in [1.165, 1.54) is 14.2 Å². The van der Waals surface area contributed by atoms with Gasteiger partial charge in [0.1, 0.15) is 6.04 Å². The molecule has 1 heterocycles. The highest BCUT2D eigenvalue weighted by atomic mass is 35.5. The van der Waals surface area contributed by atoms with Crippen molar-refractivity contribution < 1.29 is 37.1 Å². The van der Waals surface area contributed by atoms with E-state index in [4.69, 9.17) is 20.7 Å². The van der Waals surface area contributed by atoms with Gasteiger partial charge in [0.25, 0.3) is 5.91 Å². The Balaban J connectivity index is 0.0000146. The molecule has 0 spiro atoms. The number of likely N-dealkylation sites (tertiary alicyclic amines) is 1. The molecule has 0 aliphatic carbocycles. The second kappa shape index (κ2) is 23.4. The number of halogens is 1. The Hall–Kier alpha value is -3.47. The van der Waals surface area contributed by atoms with E-state index in [1.807, 2.05) is 32.4 Å². The Bertz CT molecular complexity index is 1510. The molecule has 2 rings (SSSR count). The SMILES string of the molecule is CC[C@H](C)[C@@H]([C@@H](CC(=O)N1CCC[C@H]1[C@H](OC)[C@@H](C)C(=O)N[C@@H](Cc1ccccc1)C(=O)NS(=O)(=O)CCCN=[N+]=[N-])OC)N(C)C(=O)[C@@H](N)C(C)C.Cl. The number of sulfonamides is 1. The van der Waals surface area contributed by atoms with Crippen LogP contribution in [0.2, 0.25) is 0 Å². The number of hydrogen-bond acceptors (Lipinski definition) is 10. The molecule has 54 heavy (non-hydrogen) atoms. The lowest BCUT2D eigenvalue weighted by molar-refractivity contribution is -0.146. The van der Waals surface area contributed by atoms with Crippen molar-refractivity contribution >= 4 is 46.1 Å². The molecule has 0 saturated carbocycles. The van der Waals surface area contributed by atoms with E-state index in [9.17, 15) is 27.6 Å². The third kappa shape index (κ3) is 14.0. The summed E-state index contributed by atoms with van der Waals surface area (Å²) in [4.78, 5) is 60.4. The zero-order valence-corrected chi connectivity index (χ0v) is 34.5. The predicted octanol–water partition coefficient (Wildman–Crippen LogP) is 3.19. The monoisotopic (exact) mass is 800 g/mol. The van der Waals surface area contributed by atoms with Gasteiger partial charge in [-0.05, 0) is 42.2 Å². The fourth-order valence-electron chi connectivity index (χ4n) is 6.83. The highest BCUT2D eigenvalue weighted by molar-refractivity contribution is 7.90. The quantitative estimate of drug-likeness (QED) is 0.0677. The van der Waals surface area contributed by atoms with Crippen molar-refractivity contribution in [2.75, 3.05) is 40.1 Å². The number of nitrogens with one attached hydrogen (secondary N) is 2. The molecule has 8 atom stereocenters. The minimum absolute atomic E-state index is 0. The Labute approximate surface area is 326 Å². The van der Waals surface area contributed by atoms with Crippen molar-refractivity contribution in [3.63, 3.8) is 0 Å². The van der Waals surface area contributed by atoms with Gasteiger partial charge in [-0.2, -0.15) is 0 Å². The number of nitrogens with two attached hydrogens (primary N) is 1. The van der Waals surface area contributed by atoms with Gasteiger partial charge in [0, 0.05) is 45.7 Å². The maximum atomic E-state index is 14.0. The zero-order valence-electron chi connectivity index (χ0n) is 32.8. The van der Waals surface area contributed by atoms with Gasteiger partial charge in [-0.15, -0.1) is 12.4 Å². The van der Waals surface area contributed by atoms with Crippen LogP contribution in [0.4, 0.5) is 0 Å². The summed E-state index contributed by atoms with van der Waals surface area (Å²) in [5, 5.41) is 6.05. The molecule has 0 bridgehead atoms. The van der Waals surface area contributed by atoms with Gasteiger partial charge in [-0.3, -0.25) is 23.9 Å². The van der Waals surface area contributed by atoms with Crippen LogP contribution >= 0.6 is 12.4 Å². The molecule has 0 radical (unpaired) electrons. The summed E-state index contributed by atoms with van der Waals surface area (Å²) in [5.74, 6) is -3.26. The number of likely N-dealkylation sites (N-methyl/N-ethyl adjacent to an activating group) is 1. The summed E-state index contributed by atoms with van der Waals surface area (Å²) < 4.78 is 39.1. The van der Waals surface area contributed by atoms with E-state index >= 15 is 0 Å². The average Bonchev–Trinajstić information content (AvgIpc) is 3.62. The normalized spacial score (nSPS) is 18.2. The number of rotatable bonds is 22. The summed E-state index contributed by atoms with van der Waals surface area (Å²) in [6.07, 6.45) is 0.616. The van der Waals surface area contributed by atoms with Crippen LogP contribution in [0.15, 0.2) is 35.4 Å². The molecule has 4 amide bonds. The summed E-state index contributed by atoms with van der Waals surface area (Å²) in [5.41, 5.74) is 15.4. The van der Waals surface area contributed by atoms with E-state index in [0.29, 0.717) is 24.9 Å². The van der Waals surface area contributed by atoms with Gasteiger partial charge in [-0.25, -0.2) is 8.42 Å². The molecule has 1 aromatic carbocycles. The van der Waals surface area contributed by atoms with E-state index in [2.05, 4.69) is 15.3 Å². The number of nitrogens with zero attached hydrogens (tertiary/aromatic N) is 5. The molecule has 18 heteroatoms. The first-order valence-corrected chi connectivity index (χ1v) is 19.9. The number of azide groups is 1. The van der Waals surface area contributed by atoms with Gasteiger partial charge in [0.15, 0.2) is 0 Å². The molecule has 306 valence electrons. The molecule has 16 nitrogen and oxygen atoms in total. The van der Waals surface area contributed by atoms with Crippen molar-refractivity contribution in [2.24, 2.45) is 28.6 Å². The summed E-state index contributed by atoms with van der Waals surface area (Å²) in [7, 11) is 0.593. The van der Waals surface area contributed by atoms with Gasteiger partial charge in [-0.1, -0.05) is 76.5 Å². The first kappa shape index (κ1) is 48.5. The fraction of sp³-hybridized carbons (Fsp3) is 0.722. The van der Waals surface area contributed by atoms with Crippen LogP contribution in [0.5, 0.6) is 0 Å². The van der Waals surface area contributed by atoms with Crippen molar-refractivity contribution in [1.29, 1.82) is 0 Å². The standard InChI is InChI=1S/C36H60N8O8S.ClH/c1-9-24(4)32(43(6)36(48)31(37)23(2)3)29(51-7)22-30(45)44-19-13-17-28(44)33(52-8)25(5)34(46)40-27(21-26-15-11-10-12-16-26)35(47)41-53(49,50)20-14-18-39-42-38;/h10-12,15-16,23-25,27-29,31-33H,9,13-14,17-22,37H2,1-8H3,(H,40,46)(H,41,47);1H/t24-,25+,27-,28-,29+,31-,32-,33+;/m0./s1. The summed E-state index contributed by atoms with van der Waals surface area (Å²) >= 11 is 0. The Morgan fingerprint density at radius 2 is 1.74 bits per heavy atom. The Kier molecular flexibility index (Phi) is 21.1. The van der Waals surface area contributed by atoms with Crippen LogP contribution in [0, 0.1) is 17.8 Å². The Morgan fingerprint density at radius 3 is 2.30 bits per heavy atom. The van der Waals surface area contributed by atoms with Gasteiger partial charge in [0.05, 0.1) is 48.4 Å². The molecule has 1 aliphatic heterocycles. The largest absolute Gasteiger partial charge is 0.379 e. The molecule has 4 N–H and O–H groups in total. The van der Waals surface area contributed by atoms with Crippen LogP contribution in [0.1, 0.15) is 72.3 Å². The van der Waals surface area contributed by atoms with Crippen LogP contribution in [-0.2, 0) is 45.1 Å². The van der Waals surface area contributed by atoms with E-state index in [1.54, 1.807) is 54.1 Å². The second-order valence-corrected chi connectivity index (χ2v) is 16.0. The van der Waals surface area contributed by atoms with E-state index in [-0.39, 0.29) is 61.9 Å². The van der Waals surface area contributed by atoms with Gasteiger partial charge < -0.3 is 30.3 Å². The average molecular weight is 801 g/mol. The highest BCUT2D eigenvalue weighted by Gasteiger charge is 2.43. The van der Waals surface area contributed by atoms with E-state index in [0.717, 1.165) is 6.42 Å². The number of carbonyl (C=O) groups is 4. The molecular weight excluding hydrogens is 740 g/mol. The topological polar surface area (TPSA) is 226 Å². The number of ether oxygens (including phenoxy) is 2. The third-order valence-electron chi connectivity index (χ3n) is 10.2. The fourth-order valence-corrected chi connectivity index (χ4v) is 7.89. The Morgan fingerprint density at radius 1 is 1.09 bits per heavy atom. The van der Waals surface area contributed by atoms with Crippen LogP contribution in [-0.4, -0.2) is 118 Å². The summed E-state index contributed by atoms with van der Waals surface area (Å²) in [6, 6.07) is 6.01. The molecular formula is C36H61ClN8O8S. The maximum absolute atomic E-state index is 14.0. The molecule has 1 saturated heterocycles.